The maximum Gasteiger partial charge on any atom is 0.309 e. The second kappa shape index (κ2) is 14.1. The number of H-pyrrole nitrogens is 1. The lowest BCUT2D eigenvalue weighted by molar-refractivity contribution is -0.252. The number of halogens is 1. The fourth-order valence-electron chi connectivity index (χ4n) is 16.8. The van der Waals surface area contributed by atoms with E-state index in [0.29, 0.717) is 47.8 Å². The Kier molecular flexibility index (Phi) is 9.92. The average Bonchev–Trinajstić information content (AvgIpc) is 3.95. The van der Waals surface area contributed by atoms with Gasteiger partial charge in [0.2, 0.25) is 5.91 Å². The van der Waals surface area contributed by atoms with E-state index in [1.54, 1.807) is 12.1 Å². The summed E-state index contributed by atoms with van der Waals surface area (Å²) in [5, 5.41) is 9.71. The van der Waals surface area contributed by atoms with Crippen LogP contribution in [0.15, 0.2) is 30.5 Å². The van der Waals surface area contributed by atoms with Gasteiger partial charge in [0, 0.05) is 12.0 Å². The Morgan fingerprint density at radius 2 is 1.57 bits per heavy atom. The van der Waals surface area contributed by atoms with E-state index in [2.05, 4.69) is 58.4 Å². The molecule has 8 nitrogen and oxygen atoms in total. The van der Waals surface area contributed by atoms with E-state index < -0.39 is 17.3 Å². The largest absolute Gasteiger partial charge is 0.481 e. The van der Waals surface area contributed by atoms with Crippen molar-refractivity contribution in [2.75, 3.05) is 6.54 Å². The minimum absolute atomic E-state index is 0.0729. The van der Waals surface area contributed by atoms with Crippen LogP contribution in [0, 0.1) is 85.7 Å². The molecule has 6 saturated carbocycles. The zero-order chi connectivity index (χ0) is 42.9. The SMILES string of the molecule is CC(C)C1CC[C@]2(C(=O)N3CCC[C@H]3c3ncc(-c4ccc(F)cc4)[nH]3)CC[C@]3(C)[C@H](CC[C@@H]4[C@@]5(C)CC[C@H](OC(=O)[C@H]6C[C@@H](C(=O)O)C6(C)C)C(C)(C)[C@@H]5CC[C@]43C)[C@@H]12. The number of ether oxygens (including phenoxy) is 1. The predicted molar refractivity (Wildman–Crippen MR) is 230 cm³/mol. The molecule has 1 unspecified atom stereocenters. The van der Waals surface area contributed by atoms with Crippen molar-refractivity contribution in [1.29, 1.82) is 0 Å². The van der Waals surface area contributed by atoms with Crippen molar-refractivity contribution in [3.8, 4) is 11.3 Å². The molecule has 1 aromatic heterocycles. The highest BCUT2D eigenvalue weighted by Crippen LogP contribution is 2.78. The summed E-state index contributed by atoms with van der Waals surface area (Å²) in [5.41, 5.74) is 0.995. The molecule has 1 aromatic carbocycles. The zero-order valence-electron chi connectivity index (χ0n) is 37.9. The lowest BCUT2D eigenvalue weighted by atomic mass is 9.32. The van der Waals surface area contributed by atoms with Crippen LogP contribution in [0.1, 0.15) is 158 Å². The smallest absolute Gasteiger partial charge is 0.309 e. The summed E-state index contributed by atoms with van der Waals surface area (Å²) >= 11 is 0. The Morgan fingerprint density at radius 1 is 0.833 bits per heavy atom. The summed E-state index contributed by atoms with van der Waals surface area (Å²) in [4.78, 5) is 51.7. The molecule has 0 radical (unpaired) electrons. The normalized spacial score (nSPS) is 42.6. The molecule has 2 N–H and O–H groups in total. The van der Waals surface area contributed by atoms with Crippen LogP contribution in [0.4, 0.5) is 4.39 Å². The van der Waals surface area contributed by atoms with Gasteiger partial charge in [0.1, 0.15) is 17.7 Å². The molecule has 1 aliphatic heterocycles. The number of benzene rings is 1. The number of carboxylic acids is 1. The first-order valence-corrected chi connectivity index (χ1v) is 23.8. The summed E-state index contributed by atoms with van der Waals surface area (Å²) in [6.07, 6.45) is 14.6. The molecule has 13 atom stereocenters. The van der Waals surface area contributed by atoms with Gasteiger partial charge in [-0.2, -0.15) is 0 Å². The van der Waals surface area contributed by atoms with Crippen molar-refractivity contribution in [2.45, 2.75) is 158 Å². The number of aromatic nitrogens is 2. The van der Waals surface area contributed by atoms with Gasteiger partial charge in [-0.15, -0.1) is 0 Å². The first-order valence-electron chi connectivity index (χ1n) is 23.8. The first kappa shape index (κ1) is 42.1. The van der Waals surface area contributed by atoms with Crippen LogP contribution in [-0.2, 0) is 19.1 Å². The lowest BCUT2D eigenvalue weighted by Gasteiger charge is -2.73. The standard InChI is InChI=1S/C51H72FN3O5/c1-29(2)32-18-23-51(45(59)55-26-10-11-37(55)42-53-28-36(54-42)30-12-14-31(52)15-13-30)25-24-49(8)33(41(32)51)16-17-39-48(7)21-20-40(47(5,6)38(48)19-22-50(39,49)9)60-44(58)35-27-34(43(56)57)46(35,3)4/h12-15,28-29,32-35,37-41H,10-11,16-27H2,1-9H3,(H,53,54)(H,56,57)/t32?,33-,34+,35-,37+,38+,39-,40+,41-,48+,49-,50-,51+/m1/s1. The van der Waals surface area contributed by atoms with Gasteiger partial charge < -0.3 is 19.7 Å². The number of fused-ring (bicyclic) bond motifs is 7. The summed E-state index contributed by atoms with van der Waals surface area (Å²) in [5.74, 6) is 1.94. The maximum absolute atomic E-state index is 15.6. The zero-order valence-corrected chi connectivity index (χ0v) is 37.9. The van der Waals surface area contributed by atoms with Crippen LogP contribution >= 0.6 is 0 Å². The van der Waals surface area contributed by atoms with E-state index in [1.807, 2.05) is 20.0 Å². The van der Waals surface area contributed by atoms with Gasteiger partial charge >= 0.3 is 11.9 Å². The third kappa shape index (κ3) is 5.83. The second-order valence-corrected chi connectivity index (χ2v) is 23.4. The van der Waals surface area contributed by atoms with Gasteiger partial charge in [0.15, 0.2) is 0 Å². The molecule has 6 aliphatic carbocycles. The maximum atomic E-state index is 15.6. The molecule has 7 aliphatic rings. The van der Waals surface area contributed by atoms with E-state index in [9.17, 15) is 19.1 Å². The molecule has 60 heavy (non-hydrogen) atoms. The highest BCUT2D eigenvalue weighted by molar-refractivity contribution is 5.85. The number of rotatable bonds is 7. The molecule has 1 saturated heterocycles. The molecule has 0 bridgehead atoms. The average molecular weight is 826 g/mol. The third-order valence-electron chi connectivity index (χ3n) is 20.4. The van der Waals surface area contributed by atoms with E-state index >= 15 is 4.79 Å². The number of esters is 1. The number of carbonyl (C=O) groups is 3. The molecule has 9 rings (SSSR count). The fourth-order valence-corrected chi connectivity index (χ4v) is 16.8. The van der Waals surface area contributed by atoms with Gasteiger partial charge in [-0.05, 0) is 170 Å². The van der Waals surface area contributed by atoms with Crippen LogP contribution in [0.25, 0.3) is 11.3 Å². The highest BCUT2D eigenvalue weighted by atomic mass is 19.1. The Labute approximate surface area is 358 Å². The molecule has 2 heterocycles. The Morgan fingerprint density at radius 3 is 2.25 bits per heavy atom. The molecular weight excluding hydrogens is 754 g/mol. The number of amides is 1. The minimum Gasteiger partial charge on any atom is -0.481 e. The number of hydrogen-bond acceptors (Lipinski definition) is 5. The number of aliphatic carboxylic acids is 1. The van der Waals surface area contributed by atoms with Gasteiger partial charge in [0.05, 0.1) is 35.2 Å². The second-order valence-electron chi connectivity index (χ2n) is 23.4. The number of aromatic amines is 1. The Balaban J connectivity index is 0.964. The van der Waals surface area contributed by atoms with Crippen LogP contribution in [-0.4, -0.2) is 50.5 Å². The number of imidazole rings is 1. The Bertz CT molecular complexity index is 2020. The Hall–Kier alpha value is -3.23. The molecule has 7 fully saturated rings. The topological polar surface area (TPSA) is 113 Å². The number of carbonyl (C=O) groups excluding carboxylic acids is 2. The molecular formula is C51H72FN3O5. The van der Waals surface area contributed by atoms with E-state index in [0.717, 1.165) is 87.8 Å². The molecule has 9 heteroatoms. The lowest BCUT2D eigenvalue weighted by Crippen LogP contribution is -2.67. The highest BCUT2D eigenvalue weighted by Gasteiger charge is 2.73. The molecule has 1 amide bonds. The van der Waals surface area contributed by atoms with Gasteiger partial charge in [-0.1, -0.05) is 62.3 Å². The van der Waals surface area contributed by atoms with Crippen LogP contribution in [0.2, 0.25) is 0 Å². The number of carboxylic acid groups (broad SMARTS) is 1. The monoisotopic (exact) mass is 826 g/mol. The van der Waals surface area contributed by atoms with Crippen LogP contribution in [0.3, 0.4) is 0 Å². The van der Waals surface area contributed by atoms with Gasteiger partial charge in [-0.25, -0.2) is 9.37 Å². The number of hydrogen-bond donors (Lipinski definition) is 2. The van der Waals surface area contributed by atoms with E-state index in [1.165, 1.54) is 25.0 Å². The quantitative estimate of drug-likeness (QED) is 0.269. The number of nitrogens with one attached hydrogen (secondary N) is 1. The fraction of sp³-hybridized carbons (Fsp3) is 0.765. The summed E-state index contributed by atoms with van der Waals surface area (Å²) in [6, 6.07) is 6.44. The minimum atomic E-state index is -0.821. The van der Waals surface area contributed by atoms with Crippen molar-refractivity contribution in [3.05, 3.63) is 42.1 Å². The number of likely N-dealkylation sites (tertiary alicyclic amines) is 1. The predicted octanol–water partition coefficient (Wildman–Crippen LogP) is 11.3. The van der Waals surface area contributed by atoms with Crippen molar-refractivity contribution in [1.82, 2.24) is 14.9 Å². The summed E-state index contributed by atoms with van der Waals surface area (Å²) in [7, 11) is 0. The molecule has 0 spiro atoms. The molecule has 2 aromatic rings. The van der Waals surface area contributed by atoms with Crippen molar-refractivity contribution in [2.24, 2.45) is 79.8 Å². The van der Waals surface area contributed by atoms with Crippen molar-refractivity contribution in [3.63, 3.8) is 0 Å². The van der Waals surface area contributed by atoms with Crippen LogP contribution in [0.5, 0.6) is 0 Å². The first-order chi connectivity index (χ1) is 28.2. The number of nitrogens with zero attached hydrogens (tertiary/aromatic N) is 2. The van der Waals surface area contributed by atoms with Crippen LogP contribution < -0.4 is 0 Å². The summed E-state index contributed by atoms with van der Waals surface area (Å²) < 4.78 is 20.2. The van der Waals surface area contributed by atoms with E-state index in [-0.39, 0.29) is 56.9 Å². The van der Waals surface area contributed by atoms with Gasteiger partial charge in [-0.3, -0.25) is 14.4 Å². The summed E-state index contributed by atoms with van der Waals surface area (Å²) in [6.45, 7) is 22.0. The molecule has 328 valence electrons. The van der Waals surface area contributed by atoms with Gasteiger partial charge in [0.25, 0.3) is 0 Å². The van der Waals surface area contributed by atoms with Crippen molar-refractivity contribution >= 4 is 17.8 Å². The van der Waals surface area contributed by atoms with Crippen molar-refractivity contribution < 1.29 is 28.6 Å². The third-order valence-corrected chi connectivity index (χ3v) is 20.4. The van der Waals surface area contributed by atoms with E-state index in [4.69, 9.17) is 9.72 Å².